The quantitative estimate of drug-likeness (QED) is 0.486. The predicted octanol–water partition coefficient (Wildman–Crippen LogP) is 2.36. The number of anilines is 1. The average Bonchev–Trinajstić information content (AvgIpc) is 2.41. The number of carbonyl (C=O) groups is 2. The Morgan fingerprint density at radius 3 is 2.10 bits per heavy atom. The van der Waals surface area contributed by atoms with Gasteiger partial charge in [-0.1, -0.05) is 12.1 Å². The number of rotatable bonds is 3. The zero-order valence-electron chi connectivity index (χ0n) is 12.7. The summed E-state index contributed by atoms with van der Waals surface area (Å²) in [5, 5.41) is 0. The highest BCUT2D eigenvalue weighted by molar-refractivity contribution is 6.18. The van der Waals surface area contributed by atoms with Gasteiger partial charge in [-0.2, -0.15) is 0 Å². The molecule has 0 amide bonds. The van der Waals surface area contributed by atoms with E-state index in [9.17, 15) is 9.59 Å². The van der Waals surface area contributed by atoms with Crippen LogP contribution in [-0.2, 0) is 19.1 Å². The van der Waals surface area contributed by atoms with Gasteiger partial charge in [-0.25, -0.2) is 9.59 Å². The molecule has 21 heavy (non-hydrogen) atoms. The van der Waals surface area contributed by atoms with E-state index in [4.69, 9.17) is 9.47 Å². The van der Waals surface area contributed by atoms with Crippen LogP contribution in [0.3, 0.4) is 0 Å². The second kappa shape index (κ2) is 5.60. The van der Waals surface area contributed by atoms with Gasteiger partial charge in [0.1, 0.15) is 5.57 Å². The van der Waals surface area contributed by atoms with E-state index in [1.54, 1.807) is 0 Å². The Labute approximate surface area is 124 Å². The molecule has 0 aliphatic carbocycles. The van der Waals surface area contributed by atoms with Gasteiger partial charge in [0.15, 0.2) is 0 Å². The first-order valence-electron chi connectivity index (χ1n) is 6.82. The van der Waals surface area contributed by atoms with Crippen molar-refractivity contribution in [3.05, 3.63) is 35.4 Å². The molecule has 0 radical (unpaired) electrons. The number of benzene rings is 1. The smallest absolute Gasteiger partial charge is 0.348 e. The first-order valence-corrected chi connectivity index (χ1v) is 6.82. The lowest BCUT2D eigenvalue weighted by atomic mass is 10.1. The topological polar surface area (TPSA) is 55.8 Å². The van der Waals surface area contributed by atoms with Gasteiger partial charge in [0.25, 0.3) is 5.79 Å². The van der Waals surface area contributed by atoms with Crippen molar-refractivity contribution >= 4 is 23.7 Å². The molecular formula is C16H19NO4. The molecule has 1 aromatic carbocycles. The highest BCUT2D eigenvalue weighted by Gasteiger charge is 2.38. The van der Waals surface area contributed by atoms with Crippen molar-refractivity contribution in [2.45, 2.75) is 26.6 Å². The minimum atomic E-state index is -1.21. The Morgan fingerprint density at radius 1 is 1.10 bits per heavy atom. The maximum Gasteiger partial charge on any atom is 0.348 e. The van der Waals surface area contributed by atoms with E-state index < -0.39 is 17.7 Å². The van der Waals surface area contributed by atoms with Crippen LogP contribution in [0, 0.1) is 0 Å². The molecule has 1 aliphatic rings. The number of esters is 2. The molecular weight excluding hydrogens is 270 g/mol. The first kappa shape index (κ1) is 15.1. The van der Waals surface area contributed by atoms with Gasteiger partial charge < -0.3 is 14.4 Å². The molecule has 0 bridgehead atoms. The van der Waals surface area contributed by atoms with E-state index in [0.717, 1.165) is 17.8 Å². The fourth-order valence-electron chi connectivity index (χ4n) is 1.95. The van der Waals surface area contributed by atoms with Crippen molar-refractivity contribution in [2.24, 2.45) is 0 Å². The van der Waals surface area contributed by atoms with Crippen LogP contribution in [0.5, 0.6) is 0 Å². The largest absolute Gasteiger partial charge is 0.419 e. The maximum absolute atomic E-state index is 11.8. The van der Waals surface area contributed by atoms with Crippen LogP contribution >= 0.6 is 0 Å². The van der Waals surface area contributed by atoms with Gasteiger partial charge in [-0.05, 0) is 30.7 Å². The SMILES string of the molecule is CCN(C)c1ccc(C=C2C(=O)OC(C)(C)OC2=O)cc1. The summed E-state index contributed by atoms with van der Waals surface area (Å²) >= 11 is 0. The fourth-order valence-corrected chi connectivity index (χ4v) is 1.95. The zero-order chi connectivity index (χ0) is 15.6. The highest BCUT2D eigenvalue weighted by atomic mass is 16.7. The van der Waals surface area contributed by atoms with Crippen LogP contribution in [0.2, 0.25) is 0 Å². The summed E-state index contributed by atoms with van der Waals surface area (Å²) in [4.78, 5) is 25.8. The van der Waals surface area contributed by atoms with Gasteiger partial charge in [0.05, 0.1) is 0 Å². The third-order valence-corrected chi connectivity index (χ3v) is 3.24. The summed E-state index contributed by atoms with van der Waals surface area (Å²) in [7, 11) is 1.99. The summed E-state index contributed by atoms with van der Waals surface area (Å²) in [6.45, 7) is 6.00. The Hall–Kier alpha value is -2.30. The second-order valence-electron chi connectivity index (χ2n) is 5.34. The highest BCUT2D eigenvalue weighted by Crippen LogP contribution is 2.24. The van der Waals surface area contributed by atoms with E-state index in [1.165, 1.54) is 19.9 Å². The van der Waals surface area contributed by atoms with Crippen molar-refractivity contribution in [3.63, 3.8) is 0 Å². The van der Waals surface area contributed by atoms with Crippen LogP contribution < -0.4 is 4.90 Å². The van der Waals surface area contributed by atoms with Gasteiger partial charge in [-0.3, -0.25) is 0 Å². The molecule has 0 unspecified atom stereocenters. The van der Waals surface area contributed by atoms with Gasteiger partial charge in [0, 0.05) is 33.1 Å². The molecule has 1 aromatic rings. The van der Waals surface area contributed by atoms with Crippen molar-refractivity contribution in [1.29, 1.82) is 0 Å². The molecule has 0 aromatic heterocycles. The Morgan fingerprint density at radius 2 is 1.62 bits per heavy atom. The Bertz CT molecular complexity index is 565. The molecule has 0 atom stereocenters. The Kier molecular flexibility index (Phi) is 4.02. The van der Waals surface area contributed by atoms with Crippen LogP contribution in [0.1, 0.15) is 26.3 Å². The van der Waals surface area contributed by atoms with Crippen molar-refractivity contribution < 1.29 is 19.1 Å². The van der Waals surface area contributed by atoms with Crippen LogP contribution in [0.4, 0.5) is 5.69 Å². The van der Waals surface area contributed by atoms with Crippen LogP contribution in [-0.4, -0.2) is 31.3 Å². The summed E-state index contributed by atoms with van der Waals surface area (Å²) in [5.74, 6) is -2.53. The standard InChI is InChI=1S/C16H19NO4/c1-5-17(4)12-8-6-11(7-9-12)10-13-14(18)20-16(2,3)21-15(13)19/h6-10H,5H2,1-4H3. The molecule has 5 nitrogen and oxygen atoms in total. The Balaban J connectivity index is 2.23. The molecule has 1 aliphatic heterocycles. The normalized spacial score (nSPS) is 17.0. The molecule has 112 valence electrons. The number of hydrogen-bond donors (Lipinski definition) is 0. The number of nitrogens with zero attached hydrogens (tertiary/aromatic N) is 1. The number of cyclic esters (lactones) is 2. The molecule has 5 heteroatoms. The average molecular weight is 289 g/mol. The molecule has 1 fully saturated rings. The maximum atomic E-state index is 11.8. The lowest BCUT2D eigenvalue weighted by molar-refractivity contribution is -0.222. The minimum Gasteiger partial charge on any atom is -0.419 e. The molecule has 0 N–H and O–H groups in total. The lowest BCUT2D eigenvalue weighted by Crippen LogP contribution is -2.41. The molecule has 1 saturated heterocycles. The molecule has 0 spiro atoms. The number of hydrogen-bond acceptors (Lipinski definition) is 5. The van der Waals surface area contributed by atoms with Crippen molar-refractivity contribution in [3.8, 4) is 0 Å². The van der Waals surface area contributed by atoms with E-state index in [-0.39, 0.29) is 5.57 Å². The van der Waals surface area contributed by atoms with E-state index >= 15 is 0 Å². The van der Waals surface area contributed by atoms with Crippen LogP contribution in [0.15, 0.2) is 29.8 Å². The number of carbonyl (C=O) groups excluding carboxylic acids is 2. The van der Waals surface area contributed by atoms with Gasteiger partial charge in [-0.15, -0.1) is 0 Å². The van der Waals surface area contributed by atoms with Crippen molar-refractivity contribution in [1.82, 2.24) is 0 Å². The van der Waals surface area contributed by atoms with E-state index in [2.05, 4.69) is 11.8 Å². The van der Waals surface area contributed by atoms with E-state index in [0.29, 0.717) is 0 Å². The second-order valence-corrected chi connectivity index (χ2v) is 5.34. The summed E-state index contributed by atoms with van der Waals surface area (Å²) < 4.78 is 10.1. The minimum absolute atomic E-state index is 0.0917. The summed E-state index contributed by atoms with van der Waals surface area (Å²) in [5.41, 5.74) is 1.72. The summed E-state index contributed by atoms with van der Waals surface area (Å²) in [6.07, 6.45) is 1.48. The van der Waals surface area contributed by atoms with Crippen LogP contribution in [0.25, 0.3) is 6.08 Å². The lowest BCUT2D eigenvalue weighted by Gasteiger charge is -2.29. The third kappa shape index (κ3) is 3.42. The molecule has 2 rings (SSSR count). The predicted molar refractivity (Wildman–Crippen MR) is 79.6 cm³/mol. The number of ether oxygens (including phenoxy) is 2. The molecule has 0 saturated carbocycles. The van der Waals surface area contributed by atoms with Gasteiger partial charge >= 0.3 is 11.9 Å². The zero-order valence-corrected chi connectivity index (χ0v) is 12.7. The van der Waals surface area contributed by atoms with Gasteiger partial charge in [0.2, 0.25) is 0 Å². The third-order valence-electron chi connectivity index (χ3n) is 3.24. The van der Waals surface area contributed by atoms with Crippen molar-refractivity contribution in [2.75, 3.05) is 18.5 Å². The first-order chi connectivity index (χ1) is 9.82. The monoisotopic (exact) mass is 289 g/mol. The van der Waals surface area contributed by atoms with E-state index in [1.807, 2.05) is 31.3 Å². The summed E-state index contributed by atoms with van der Waals surface area (Å²) in [6, 6.07) is 7.54. The molecule has 1 heterocycles. The fraction of sp³-hybridized carbons (Fsp3) is 0.375.